The van der Waals surface area contributed by atoms with Crippen molar-refractivity contribution in [2.45, 2.75) is 20.0 Å². The Morgan fingerprint density at radius 3 is 2.54 bits per heavy atom. The number of carboxylic acid groups (broad SMARTS) is 1. The van der Waals surface area contributed by atoms with Gasteiger partial charge in [-0.15, -0.1) is 0 Å². The Kier molecular flexibility index (Phi) is 4.93. The lowest BCUT2D eigenvalue weighted by atomic mass is 10.1. The number of carboxylic acids is 1. The van der Waals surface area contributed by atoms with Crippen LogP contribution >= 0.6 is 0 Å². The van der Waals surface area contributed by atoms with Crippen molar-refractivity contribution in [2.24, 2.45) is 0 Å². The zero-order valence-corrected chi connectivity index (χ0v) is 14.4. The Morgan fingerprint density at radius 2 is 1.88 bits per heavy atom. The number of hydrogen-bond acceptors (Lipinski definition) is 5. The number of ether oxygens (including phenoxy) is 2. The van der Waals surface area contributed by atoms with Gasteiger partial charge in [0.25, 0.3) is 0 Å². The third-order valence-corrected chi connectivity index (χ3v) is 3.84. The van der Waals surface area contributed by atoms with Gasteiger partial charge in [0, 0.05) is 10.9 Å². The quantitative estimate of drug-likeness (QED) is 0.670. The van der Waals surface area contributed by atoms with Gasteiger partial charge in [0.1, 0.15) is 22.7 Å². The summed E-state index contributed by atoms with van der Waals surface area (Å²) in [6.45, 7) is 3.39. The molecule has 3 aromatic rings. The minimum absolute atomic E-state index is 0.228. The second-order valence-electron chi connectivity index (χ2n) is 5.65. The first-order valence-corrected chi connectivity index (χ1v) is 8.19. The van der Waals surface area contributed by atoms with Crippen LogP contribution in [0.25, 0.3) is 22.3 Å². The van der Waals surface area contributed by atoms with E-state index in [1.54, 1.807) is 25.1 Å². The van der Waals surface area contributed by atoms with E-state index in [0.717, 1.165) is 5.56 Å². The highest BCUT2D eigenvalue weighted by Crippen LogP contribution is 2.36. The van der Waals surface area contributed by atoms with Crippen molar-refractivity contribution in [1.82, 2.24) is 0 Å². The van der Waals surface area contributed by atoms with Gasteiger partial charge in [-0.2, -0.15) is 0 Å². The lowest BCUT2D eigenvalue weighted by Gasteiger charge is -2.10. The highest BCUT2D eigenvalue weighted by Gasteiger charge is 2.24. The topological polar surface area (TPSA) is 86.0 Å². The molecule has 0 saturated heterocycles. The fourth-order valence-electron chi connectivity index (χ4n) is 2.60. The summed E-state index contributed by atoms with van der Waals surface area (Å²) in [7, 11) is 0. The largest absolute Gasteiger partial charge is 0.479 e. The van der Waals surface area contributed by atoms with Gasteiger partial charge >= 0.3 is 11.9 Å². The third-order valence-electron chi connectivity index (χ3n) is 3.84. The highest BCUT2D eigenvalue weighted by molar-refractivity contribution is 6.09. The van der Waals surface area contributed by atoms with E-state index >= 15 is 0 Å². The fraction of sp³-hybridized carbons (Fsp3) is 0.200. The first kappa shape index (κ1) is 17.5. The van der Waals surface area contributed by atoms with E-state index in [1.165, 1.54) is 6.92 Å². The predicted molar refractivity (Wildman–Crippen MR) is 95.3 cm³/mol. The number of aliphatic carboxylic acids is 1. The molecular formula is C20H18O6. The second-order valence-corrected chi connectivity index (χ2v) is 5.65. The van der Waals surface area contributed by atoms with Crippen molar-refractivity contribution in [3.63, 3.8) is 0 Å². The number of fused-ring (bicyclic) bond motifs is 1. The maximum Gasteiger partial charge on any atom is 0.344 e. The number of furan rings is 1. The number of rotatable bonds is 6. The summed E-state index contributed by atoms with van der Waals surface area (Å²) in [5, 5.41) is 9.52. The maximum absolute atomic E-state index is 12.5. The van der Waals surface area contributed by atoms with E-state index in [-0.39, 0.29) is 6.61 Å². The van der Waals surface area contributed by atoms with Crippen LogP contribution in [0.2, 0.25) is 0 Å². The SMILES string of the molecule is CCOC(=O)c1c(-c2ccccc2)oc2ccc(O[C@@H](C)C(=O)O)cc12. The predicted octanol–water partition coefficient (Wildman–Crippen LogP) is 4.13. The van der Waals surface area contributed by atoms with E-state index in [2.05, 4.69) is 0 Å². The van der Waals surface area contributed by atoms with Crippen LogP contribution < -0.4 is 4.74 Å². The molecule has 134 valence electrons. The van der Waals surface area contributed by atoms with Gasteiger partial charge in [0.05, 0.1) is 6.61 Å². The lowest BCUT2D eigenvalue weighted by Crippen LogP contribution is -2.22. The van der Waals surface area contributed by atoms with Gasteiger partial charge in [-0.3, -0.25) is 0 Å². The summed E-state index contributed by atoms with van der Waals surface area (Å²) in [5.74, 6) is -0.845. The van der Waals surface area contributed by atoms with Crippen LogP contribution in [-0.4, -0.2) is 29.8 Å². The van der Waals surface area contributed by atoms with Crippen molar-refractivity contribution < 1.29 is 28.6 Å². The third kappa shape index (κ3) is 3.39. The highest BCUT2D eigenvalue weighted by atomic mass is 16.5. The van der Waals surface area contributed by atoms with Crippen molar-refractivity contribution >= 4 is 22.9 Å². The molecule has 6 heteroatoms. The molecule has 6 nitrogen and oxygen atoms in total. The van der Waals surface area contributed by atoms with E-state index in [0.29, 0.717) is 28.0 Å². The number of carbonyl (C=O) groups excluding carboxylic acids is 1. The van der Waals surface area contributed by atoms with Gasteiger partial charge in [0.15, 0.2) is 6.10 Å². The summed E-state index contributed by atoms with van der Waals surface area (Å²) >= 11 is 0. The molecule has 0 unspecified atom stereocenters. The summed E-state index contributed by atoms with van der Waals surface area (Å²) in [5.41, 5.74) is 1.52. The van der Waals surface area contributed by atoms with Gasteiger partial charge in [-0.25, -0.2) is 9.59 Å². The number of carbonyl (C=O) groups is 2. The van der Waals surface area contributed by atoms with E-state index in [4.69, 9.17) is 19.0 Å². The van der Waals surface area contributed by atoms with Crippen molar-refractivity contribution in [2.75, 3.05) is 6.61 Å². The summed E-state index contributed by atoms with van der Waals surface area (Å²) in [6.07, 6.45) is -1.01. The summed E-state index contributed by atoms with van der Waals surface area (Å²) in [4.78, 5) is 23.5. The smallest absolute Gasteiger partial charge is 0.344 e. The van der Waals surface area contributed by atoms with E-state index in [1.807, 2.05) is 30.3 Å². The Labute approximate surface area is 149 Å². The van der Waals surface area contributed by atoms with Crippen LogP contribution in [0.1, 0.15) is 24.2 Å². The normalized spacial score (nSPS) is 11.9. The lowest BCUT2D eigenvalue weighted by molar-refractivity contribution is -0.144. The first-order chi connectivity index (χ1) is 12.5. The molecule has 0 radical (unpaired) electrons. The van der Waals surface area contributed by atoms with Crippen molar-refractivity contribution in [3.8, 4) is 17.1 Å². The van der Waals surface area contributed by atoms with Crippen molar-refractivity contribution in [3.05, 3.63) is 54.1 Å². The van der Waals surface area contributed by atoms with Crippen LogP contribution in [0.4, 0.5) is 0 Å². The van der Waals surface area contributed by atoms with Gasteiger partial charge in [0.2, 0.25) is 0 Å². The molecule has 0 aliphatic heterocycles. The summed E-state index contributed by atoms with van der Waals surface area (Å²) < 4.78 is 16.5. The van der Waals surface area contributed by atoms with Crippen molar-refractivity contribution in [1.29, 1.82) is 0 Å². The molecule has 1 atom stereocenters. The molecule has 26 heavy (non-hydrogen) atoms. The molecule has 0 fully saturated rings. The fourth-order valence-corrected chi connectivity index (χ4v) is 2.60. The van der Waals surface area contributed by atoms with E-state index < -0.39 is 18.0 Å². The molecule has 0 amide bonds. The zero-order chi connectivity index (χ0) is 18.7. The Bertz CT molecular complexity index is 942. The number of benzene rings is 2. The minimum Gasteiger partial charge on any atom is -0.479 e. The molecule has 2 aromatic carbocycles. The van der Waals surface area contributed by atoms with Gasteiger partial charge < -0.3 is 19.0 Å². The average molecular weight is 354 g/mol. The Hall–Kier alpha value is -3.28. The monoisotopic (exact) mass is 354 g/mol. The van der Waals surface area contributed by atoms with Crippen LogP contribution in [0.15, 0.2) is 52.9 Å². The van der Waals surface area contributed by atoms with Crippen LogP contribution in [0.3, 0.4) is 0 Å². The molecule has 3 rings (SSSR count). The molecule has 1 heterocycles. The molecule has 1 N–H and O–H groups in total. The van der Waals surface area contributed by atoms with E-state index in [9.17, 15) is 9.59 Å². The molecule has 0 saturated carbocycles. The molecule has 1 aromatic heterocycles. The van der Waals surface area contributed by atoms with Gasteiger partial charge in [-0.1, -0.05) is 30.3 Å². The number of esters is 1. The number of hydrogen-bond donors (Lipinski definition) is 1. The maximum atomic E-state index is 12.5. The minimum atomic E-state index is -1.08. The van der Waals surface area contributed by atoms with Crippen LogP contribution in [0.5, 0.6) is 5.75 Å². The first-order valence-electron chi connectivity index (χ1n) is 8.19. The molecular weight excluding hydrogens is 336 g/mol. The standard InChI is InChI=1S/C20H18O6/c1-3-24-20(23)17-15-11-14(25-12(2)19(21)22)9-10-16(15)26-18(17)13-7-5-4-6-8-13/h4-12H,3H2,1-2H3,(H,21,22)/t12-/m0/s1. The zero-order valence-electron chi connectivity index (χ0n) is 14.4. The molecule has 0 spiro atoms. The Morgan fingerprint density at radius 1 is 1.15 bits per heavy atom. The van der Waals surface area contributed by atoms with Crippen LogP contribution in [-0.2, 0) is 9.53 Å². The second kappa shape index (κ2) is 7.31. The molecule has 0 aliphatic rings. The Balaban J connectivity index is 2.14. The summed E-state index contributed by atoms with van der Waals surface area (Å²) in [6, 6.07) is 14.1. The van der Waals surface area contributed by atoms with Gasteiger partial charge in [-0.05, 0) is 32.0 Å². The van der Waals surface area contributed by atoms with Crippen LogP contribution in [0, 0.1) is 0 Å². The molecule has 0 bridgehead atoms. The molecule has 0 aliphatic carbocycles. The average Bonchev–Trinajstić information content (AvgIpc) is 3.01.